The van der Waals surface area contributed by atoms with Crippen molar-refractivity contribution in [2.24, 2.45) is 10.9 Å². The van der Waals surface area contributed by atoms with Crippen LogP contribution in [0.5, 0.6) is 0 Å². The molecule has 170 valence electrons. The average Bonchev–Trinajstić information content (AvgIpc) is 3.44. The number of fused-ring (bicyclic) bond motifs is 1. The van der Waals surface area contributed by atoms with Crippen molar-refractivity contribution in [1.82, 2.24) is 30.3 Å². The van der Waals surface area contributed by atoms with Gasteiger partial charge in [-0.2, -0.15) is 5.10 Å². The van der Waals surface area contributed by atoms with E-state index in [2.05, 4.69) is 55.0 Å². The number of piperidine rings is 1. The van der Waals surface area contributed by atoms with Gasteiger partial charge in [0.25, 0.3) is 0 Å². The summed E-state index contributed by atoms with van der Waals surface area (Å²) in [5.74, 6) is 3.50. The SMILES string of the molecule is CN=C(NCC(c1cccs1)N1CCC(C)CC1)NC1CCc2nc(COC)nn2C1. The van der Waals surface area contributed by atoms with Crippen molar-refractivity contribution >= 4 is 17.3 Å². The lowest BCUT2D eigenvalue weighted by Gasteiger charge is -2.36. The number of thiophene rings is 1. The minimum atomic E-state index is 0.284. The quantitative estimate of drug-likeness (QED) is 0.503. The van der Waals surface area contributed by atoms with Gasteiger partial charge in [0, 0.05) is 38.0 Å². The fraction of sp³-hybridized carbons (Fsp3) is 0.682. The number of nitrogens with zero attached hydrogens (tertiary/aromatic N) is 5. The van der Waals surface area contributed by atoms with Crippen molar-refractivity contribution in [1.29, 1.82) is 0 Å². The highest BCUT2D eigenvalue weighted by Crippen LogP contribution is 2.29. The summed E-state index contributed by atoms with van der Waals surface area (Å²) in [5, 5.41) is 14.0. The third kappa shape index (κ3) is 5.64. The molecule has 2 atom stereocenters. The lowest BCUT2D eigenvalue weighted by atomic mass is 9.97. The molecule has 0 spiro atoms. The highest BCUT2D eigenvalue weighted by Gasteiger charge is 2.26. The van der Waals surface area contributed by atoms with Crippen LogP contribution in [0.1, 0.15) is 48.8 Å². The molecule has 2 aliphatic rings. The van der Waals surface area contributed by atoms with Gasteiger partial charge in [0.1, 0.15) is 12.4 Å². The van der Waals surface area contributed by atoms with Crippen molar-refractivity contribution in [3.63, 3.8) is 0 Å². The van der Waals surface area contributed by atoms with Gasteiger partial charge in [-0.25, -0.2) is 9.67 Å². The molecule has 4 rings (SSSR count). The molecule has 0 bridgehead atoms. The topological polar surface area (TPSA) is 79.6 Å². The number of methoxy groups -OCH3 is 1. The van der Waals surface area contributed by atoms with Gasteiger partial charge in [-0.05, 0) is 49.7 Å². The Morgan fingerprint density at radius 3 is 2.90 bits per heavy atom. The van der Waals surface area contributed by atoms with Gasteiger partial charge in [0.2, 0.25) is 0 Å². The lowest BCUT2D eigenvalue weighted by molar-refractivity contribution is 0.140. The molecule has 0 radical (unpaired) electrons. The first-order valence-electron chi connectivity index (χ1n) is 11.3. The number of hydrogen-bond acceptors (Lipinski definition) is 6. The van der Waals surface area contributed by atoms with Crippen molar-refractivity contribution in [3.05, 3.63) is 34.0 Å². The number of rotatable bonds is 7. The predicted octanol–water partition coefficient (Wildman–Crippen LogP) is 2.44. The smallest absolute Gasteiger partial charge is 0.191 e. The van der Waals surface area contributed by atoms with Crippen LogP contribution in [0.4, 0.5) is 0 Å². The Bertz CT molecular complexity index is 842. The van der Waals surface area contributed by atoms with Crippen molar-refractivity contribution < 1.29 is 4.74 Å². The van der Waals surface area contributed by atoms with Crippen LogP contribution in [0, 0.1) is 5.92 Å². The summed E-state index contributed by atoms with van der Waals surface area (Å²) in [7, 11) is 3.52. The summed E-state index contributed by atoms with van der Waals surface area (Å²) in [6.45, 7) is 6.81. The predicted molar refractivity (Wildman–Crippen MR) is 124 cm³/mol. The maximum absolute atomic E-state index is 5.17. The van der Waals surface area contributed by atoms with E-state index in [1.165, 1.54) is 30.8 Å². The highest BCUT2D eigenvalue weighted by atomic mass is 32.1. The van der Waals surface area contributed by atoms with Crippen LogP contribution in [0.15, 0.2) is 22.5 Å². The molecule has 1 saturated heterocycles. The molecular weight excluding hydrogens is 410 g/mol. The Morgan fingerprint density at radius 2 is 2.19 bits per heavy atom. The van der Waals surface area contributed by atoms with Crippen LogP contribution in [-0.2, 0) is 24.3 Å². The fourth-order valence-corrected chi connectivity index (χ4v) is 5.34. The Balaban J connectivity index is 1.34. The molecule has 4 heterocycles. The molecule has 9 heteroatoms. The number of likely N-dealkylation sites (tertiary alicyclic amines) is 1. The number of nitrogens with one attached hydrogen (secondary N) is 2. The zero-order chi connectivity index (χ0) is 21.6. The molecule has 2 N–H and O–H groups in total. The highest BCUT2D eigenvalue weighted by molar-refractivity contribution is 7.10. The van der Waals surface area contributed by atoms with Gasteiger partial charge in [0.15, 0.2) is 11.8 Å². The Morgan fingerprint density at radius 1 is 1.35 bits per heavy atom. The number of hydrogen-bond donors (Lipinski definition) is 2. The Kier molecular flexibility index (Phi) is 7.58. The second kappa shape index (κ2) is 10.6. The summed E-state index contributed by atoms with van der Waals surface area (Å²) in [4.78, 5) is 13.1. The first kappa shape index (κ1) is 22.2. The fourth-order valence-electron chi connectivity index (χ4n) is 4.48. The zero-order valence-corrected chi connectivity index (χ0v) is 19.7. The largest absolute Gasteiger partial charge is 0.377 e. The molecule has 1 fully saturated rings. The molecule has 2 aliphatic heterocycles. The number of ether oxygens (including phenoxy) is 1. The maximum Gasteiger partial charge on any atom is 0.191 e. The summed E-state index contributed by atoms with van der Waals surface area (Å²) < 4.78 is 7.18. The summed E-state index contributed by atoms with van der Waals surface area (Å²) in [6, 6.07) is 5.08. The van der Waals surface area contributed by atoms with Crippen LogP contribution < -0.4 is 10.6 Å². The molecule has 2 unspecified atom stereocenters. The first-order chi connectivity index (χ1) is 15.2. The van der Waals surface area contributed by atoms with Gasteiger partial charge in [-0.1, -0.05) is 13.0 Å². The third-order valence-corrected chi connectivity index (χ3v) is 7.31. The molecule has 2 aromatic heterocycles. The maximum atomic E-state index is 5.17. The van der Waals surface area contributed by atoms with E-state index in [9.17, 15) is 0 Å². The summed E-state index contributed by atoms with van der Waals surface area (Å²) in [5.41, 5.74) is 0. The average molecular weight is 446 g/mol. The van der Waals surface area contributed by atoms with Gasteiger partial charge < -0.3 is 15.4 Å². The van der Waals surface area contributed by atoms with E-state index in [4.69, 9.17) is 4.74 Å². The van der Waals surface area contributed by atoms with Gasteiger partial charge in [-0.3, -0.25) is 9.89 Å². The minimum Gasteiger partial charge on any atom is -0.377 e. The van der Waals surface area contributed by atoms with Crippen LogP contribution in [0.25, 0.3) is 0 Å². The summed E-state index contributed by atoms with van der Waals surface area (Å²) >= 11 is 1.85. The Hall–Kier alpha value is -1.97. The number of aromatic nitrogens is 3. The molecule has 8 nitrogen and oxygen atoms in total. The number of guanidine groups is 1. The minimum absolute atomic E-state index is 0.284. The first-order valence-corrected chi connectivity index (χ1v) is 12.2. The van der Waals surface area contributed by atoms with Crippen LogP contribution in [0.3, 0.4) is 0 Å². The lowest BCUT2D eigenvalue weighted by Crippen LogP contribution is -2.49. The normalized spacial score (nSPS) is 21.6. The second-order valence-electron chi connectivity index (χ2n) is 8.64. The third-order valence-electron chi connectivity index (χ3n) is 6.33. The van der Waals surface area contributed by atoms with Gasteiger partial charge in [-0.15, -0.1) is 11.3 Å². The van der Waals surface area contributed by atoms with E-state index in [1.807, 2.05) is 23.1 Å². The van der Waals surface area contributed by atoms with E-state index >= 15 is 0 Å². The second-order valence-corrected chi connectivity index (χ2v) is 9.62. The van der Waals surface area contributed by atoms with Crippen LogP contribution in [-0.4, -0.2) is 65.5 Å². The van der Waals surface area contributed by atoms with Gasteiger partial charge >= 0.3 is 0 Å². The monoisotopic (exact) mass is 445 g/mol. The van der Waals surface area contributed by atoms with Crippen molar-refractivity contribution in [2.75, 3.05) is 33.8 Å². The van der Waals surface area contributed by atoms with Crippen molar-refractivity contribution in [3.8, 4) is 0 Å². The van der Waals surface area contributed by atoms with Crippen LogP contribution >= 0.6 is 11.3 Å². The van der Waals surface area contributed by atoms with E-state index in [1.54, 1.807) is 7.11 Å². The van der Waals surface area contributed by atoms with Gasteiger partial charge in [0.05, 0.1) is 12.6 Å². The number of aliphatic imine (C=N–C) groups is 1. The molecule has 2 aromatic rings. The van der Waals surface area contributed by atoms with Crippen molar-refractivity contribution in [2.45, 2.75) is 57.8 Å². The molecule has 0 aliphatic carbocycles. The van der Waals surface area contributed by atoms with E-state index in [-0.39, 0.29) is 6.04 Å². The molecule has 0 amide bonds. The molecule has 31 heavy (non-hydrogen) atoms. The van der Waals surface area contributed by atoms with Crippen LogP contribution in [0.2, 0.25) is 0 Å². The van der Waals surface area contributed by atoms with E-state index in [0.29, 0.717) is 12.6 Å². The van der Waals surface area contributed by atoms with E-state index < -0.39 is 0 Å². The molecule has 0 saturated carbocycles. The summed E-state index contributed by atoms with van der Waals surface area (Å²) in [6.07, 6.45) is 4.49. The zero-order valence-electron chi connectivity index (χ0n) is 18.9. The Labute approximate surface area is 189 Å². The van der Waals surface area contributed by atoms with E-state index in [0.717, 1.165) is 49.5 Å². The standard InChI is InChI=1S/C22H35N7OS/c1-16-8-10-28(11-9-16)18(19-5-4-12-31-19)13-24-22(23-2)25-17-6-7-21-26-20(15-30-3)27-29(21)14-17/h4-5,12,16-18H,6-11,13-15H2,1-3H3,(H2,23,24,25). The molecule has 0 aromatic carbocycles. The number of aryl methyl sites for hydroxylation is 1. The molecular formula is C22H35N7OS.